The first kappa shape index (κ1) is 17.7. The number of hydrogen-bond donors (Lipinski definition) is 1. The normalized spacial score (nSPS) is 20.2. The zero-order valence-electron chi connectivity index (χ0n) is 15.3. The molecule has 0 unspecified atom stereocenters. The third-order valence-electron chi connectivity index (χ3n) is 4.97. The Morgan fingerprint density at radius 1 is 1.30 bits per heavy atom. The van der Waals surface area contributed by atoms with E-state index in [1.165, 1.54) is 6.42 Å². The van der Waals surface area contributed by atoms with E-state index in [2.05, 4.69) is 21.5 Å². The van der Waals surface area contributed by atoms with Gasteiger partial charge in [0, 0.05) is 19.6 Å². The number of carbonyl (C=O) groups is 1. The fourth-order valence-corrected chi connectivity index (χ4v) is 3.51. The van der Waals surface area contributed by atoms with Crippen molar-refractivity contribution in [2.45, 2.75) is 31.7 Å². The van der Waals surface area contributed by atoms with E-state index >= 15 is 0 Å². The van der Waals surface area contributed by atoms with Gasteiger partial charge in [0.05, 0.1) is 0 Å². The van der Waals surface area contributed by atoms with Crippen LogP contribution in [0.25, 0.3) is 5.57 Å². The van der Waals surface area contributed by atoms with E-state index in [0.29, 0.717) is 30.6 Å². The molecule has 1 aliphatic heterocycles. The number of amides is 1. The minimum absolute atomic E-state index is 0.00728. The van der Waals surface area contributed by atoms with Crippen LogP contribution in [0, 0.1) is 0 Å². The maximum absolute atomic E-state index is 12.7. The maximum Gasteiger partial charge on any atom is 0.261 e. The van der Waals surface area contributed by atoms with Gasteiger partial charge in [0.1, 0.15) is 11.8 Å². The van der Waals surface area contributed by atoms with Gasteiger partial charge in [0.15, 0.2) is 12.4 Å². The van der Waals surface area contributed by atoms with Gasteiger partial charge in [0.25, 0.3) is 11.8 Å². The predicted molar refractivity (Wildman–Crippen MR) is 100 cm³/mol. The largest absolute Gasteiger partial charge is 0.484 e. The van der Waals surface area contributed by atoms with Gasteiger partial charge in [-0.1, -0.05) is 29.4 Å². The number of nitrogens with one attached hydrogen (secondary N) is 1. The second kappa shape index (κ2) is 8.35. The number of rotatable bonds is 5. The molecule has 2 aromatic rings. The Hall–Kier alpha value is -2.67. The molecule has 0 bridgehead atoms. The summed E-state index contributed by atoms with van der Waals surface area (Å²) >= 11 is 0. The van der Waals surface area contributed by atoms with Gasteiger partial charge in [0.2, 0.25) is 0 Å². The number of nitrogens with zero attached hydrogens (tertiary/aromatic N) is 3. The predicted octanol–water partition coefficient (Wildman–Crippen LogP) is 2.58. The zero-order chi connectivity index (χ0) is 18.5. The molecule has 1 aromatic carbocycles. The Morgan fingerprint density at radius 3 is 3.00 bits per heavy atom. The molecule has 0 saturated carbocycles. The van der Waals surface area contributed by atoms with E-state index in [4.69, 9.17) is 9.26 Å². The molecule has 7 nitrogen and oxygen atoms in total. The molecule has 1 N–H and O–H groups in total. The van der Waals surface area contributed by atoms with Gasteiger partial charge < -0.3 is 19.5 Å². The quantitative estimate of drug-likeness (QED) is 0.874. The van der Waals surface area contributed by atoms with Crippen LogP contribution < -0.4 is 10.1 Å². The van der Waals surface area contributed by atoms with Gasteiger partial charge >= 0.3 is 0 Å². The average molecular weight is 368 g/mol. The van der Waals surface area contributed by atoms with Gasteiger partial charge in [-0.25, -0.2) is 0 Å². The molecule has 0 radical (unpaired) electrons. The minimum atomic E-state index is -0.268. The lowest BCUT2D eigenvalue weighted by atomic mass is 9.99. The number of para-hydroxylation sites is 1. The summed E-state index contributed by atoms with van der Waals surface area (Å²) in [6.45, 7) is 1.91. The number of hydrogen-bond acceptors (Lipinski definition) is 6. The Bertz CT molecular complexity index is 803. The lowest BCUT2D eigenvalue weighted by molar-refractivity contribution is -0.137. The lowest BCUT2D eigenvalue weighted by Crippen LogP contribution is -2.50. The molecule has 0 spiro atoms. The summed E-state index contributed by atoms with van der Waals surface area (Å²) in [6, 6.07) is 9.09. The molecule has 1 aromatic heterocycles. The van der Waals surface area contributed by atoms with Gasteiger partial charge in [-0.05, 0) is 43.4 Å². The smallest absolute Gasteiger partial charge is 0.261 e. The van der Waals surface area contributed by atoms with E-state index in [1.807, 2.05) is 30.3 Å². The second-order valence-corrected chi connectivity index (χ2v) is 6.84. The van der Waals surface area contributed by atoms with Crippen molar-refractivity contribution in [3.8, 4) is 5.75 Å². The van der Waals surface area contributed by atoms with E-state index in [1.54, 1.807) is 4.90 Å². The fraction of sp³-hybridized carbons (Fsp3) is 0.450. The van der Waals surface area contributed by atoms with Crippen LogP contribution in [-0.4, -0.2) is 47.2 Å². The molecule has 2 heterocycles. The Balaban J connectivity index is 1.45. The van der Waals surface area contributed by atoms with Crippen LogP contribution in [0.1, 0.15) is 43.4 Å². The second-order valence-electron chi connectivity index (χ2n) is 6.84. The number of aromatic nitrogens is 2. The fourth-order valence-electron chi connectivity index (χ4n) is 3.51. The molecule has 2 aliphatic rings. The molecule has 1 amide bonds. The molecule has 4 rings (SSSR count). The summed E-state index contributed by atoms with van der Waals surface area (Å²) < 4.78 is 11.1. The van der Waals surface area contributed by atoms with Crippen LogP contribution in [0.15, 0.2) is 40.9 Å². The Morgan fingerprint density at radius 2 is 2.19 bits per heavy atom. The highest BCUT2D eigenvalue weighted by molar-refractivity contribution is 5.78. The number of ether oxygens (including phenoxy) is 1. The molecule has 1 fully saturated rings. The van der Waals surface area contributed by atoms with Crippen LogP contribution in [0.3, 0.4) is 0 Å². The van der Waals surface area contributed by atoms with Crippen molar-refractivity contribution < 1.29 is 14.1 Å². The first-order valence-electron chi connectivity index (χ1n) is 9.52. The van der Waals surface area contributed by atoms with E-state index in [0.717, 1.165) is 31.4 Å². The molecule has 1 saturated heterocycles. The van der Waals surface area contributed by atoms with Crippen molar-refractivity contribution in [3.63, 3.8) is 0 Å². The third kappa shape index (κ3) is 4.19. The molecule has 1 aliphatic carbocycles. The third-order valence-corrected chi connectivity index (χ3v) is 4.97. The summed E-state index contributed by atoms with van der Waals surface area (Å²) in [6.07, 6.45) is 6.60. The van der Waals surface area contributed by atoms with Crippen molar-refractivity contribution in [3.05, 3.63) is 48.1 Å². The van der Waals surface area contributed by atoms with Crippen LogP contribution in [0.2, 0.25) is 0 Å². The standard InChI is InChI=1S/C20H24N4O3/c25-18(14-26-16-9-5-2-6-10-16)24-12-11-21-13-17(24)20-22-19(23-27-20)15-7-3-1-4-8-15/h2,5-7,9-10,17,21H,1,3-4,8,11-14H2/t17-/m1/s1. The zero-order valence-corrected chi connectivity index (χ0v) is 15.3. The van der Waals surface area contributed by atoms with Crippen LogP contribution in [0.4, 0.5) is 0 Å². The molecule has 7 heteroatoms. The molecule has 1 atom stereocenters. The first-order chi connectivity index (χ1) is 13.3. The van der Waals surface area contributed by atoms with E-state index < -0.39 is 0 Å². The van der Waals surface area contributed by atoms with E-state index in [9.17, 15) is 4.79 Å². The summed E-state index contributed by atoms with van der Waals surface area (Å²) in [5.41, 5.74) is 1.14. The van der Waals surface area contributed by atoms with Crippen molar-refractivity contribution in [2.75, 3.05) is 26.2 Å². The van der Waals surface area contributed by atoms with Crippen molar-refractivity contribution in [1.82, 2.24) is 20.4 Å². The van der Waals surface area contributed by atoms with Crippen molar-refractivity contribution >= 4 is 11.5 Å². The number of benzene rings is 1. The first-order valence-corrected chi connectivity index (χ1v) is 9.52. The molecule has 27 heavy (non-hydrogen) atoms. The van der Waals surface area contributed by atoms with E-state index in [-0.39, 0.29) is 18.6 Å². The summed E-state index contributed by atoms with van der Waals surface area (Å²) in [5, 5.41) is 7.45. The average Bonchev–Trinajstić information content (AvgIpc) is 3.23. The number of piperazine rings is 1. The Kier molecular flexibility index (Phi) is 5.48. The van der Waals surface area contributed by atoms with Crippen molar-refractivity contribution in [2.24, 2.45) is 0 Å². The lowest BCUT2D eigenvalue weighted by Gasteiger charge is -2.33. The molecule has 142 valence electrons. The highest BCUT2D eigenvalue weighted by atomic mass is 16.5. The van der Waals surface area contributed by atoms with Gasteiger partial charge in [-0.2, -0.15) is 4.98 Å². The van der Waals surface area contributed by atoms with Crippen LogP contribution in [0.5, 0.6) is 5.75 Å². The van der Waals surface area contributed by atoms with Crippen LogP contribution >= 0.6 is 0 Å². The summed E-state index contributed by atoms with van der Waals surface area (Å²) in [7, 11) is 0. The van der Waals surface area contributed by atoms with Crippen LogP contribution in [-0.2, 0) is 4.79 Å². The number of allylic oxidation sites excluding steroid dienone is 2. The summed E-state index contributed by atoms with van der Waals surface area (Å²) in [4.78, 5) is 19.1. The van der Waals surface area contributed by atoms with Gasteiger partial charge in [-0.15, -0.1) is 0 Å². The molecular weight excluding hydrogens is 344 g/mol. The van der Waals surface area contributed by atoms with Crippen molar-refractivity contribution in [1.29, 1.82) is 0 Å². The Labute approximate surface area is 158 Å². The maximum atomic E-state index is 12.7. The molecular formula is C20H24N4O3. The highest BCUT2D eigenvalue weighted by Crippen LogP contribution is 2.27. The minimum Gasteiger partial charge on any atom is -0.484 e. The highest BCUT2D eigenvalue weighted by Gasteiger charge is 2.32. The van der Waals surface area contributed by atoms with Gasteiger partial charge in [-0.3, -0.25) is 4.79 Å². The number of carbonyl (C=O) groups excluding carboxylic acids is 1. The summed E-state index contributed by atoms with van der Waals surface area (Å²) in [5.74, 6) is 1.74. The SMILES string of the molecule is O=C(COc1ccccc1)N1CCNC[C@@H]1c1nc(C2=CCCCC2)no1. The topological polar surface area (TPSA) is 80.5 Å². The monoisotopic (exact) mass is 368 g/mol.